The minimum Gasteiger partial charge on any atom is -0.497 e. The van der Waals surface area contributed by atoms with Crippen LogP contribution in [0.1, 0.15) is 30.6 Å². The number of esters is 1. The Morgan fingerprint density at radius 3 is 2.57 bits per heavy atom. The van der Waals surface area contributed by atoms with E-state index < -0.39 is 5.97 Å². The molecular formula is C15H20BrNO4. The molecule has 0 aliphatic heterocycles. The van der Waals surface area contributed by atoms with Crippen LogP contribution in [-0.2, 0) is 9.53 Å². The third-order valence-corrected chi connectivity index (χ3v) is 3.50. The molecule has 0 saturated heterocycles. The van der Waals surface area contributed by atoms with E-state index in [1.165, 1.54) is 4.90 Å². The third-order valence-electron chi connectivity index (χ3n) is 2.81. The van der Waals surface area contributed by atoms with Gasteiger partial charge in [-0.1, -0.05) is 6.92 Å². The van der Waals surface area contributed by atoms with Crippen LogP contribution in [-0.4, -0.2) is 43.6 Å². The number of rotatable bonds is 7. The number of nitrogens with zero attached hydrogens (tertiary/aromatic N) is 1. The number of carbonyl (C=O) groups is 2. The summed E-state index contributed by atoms with van der Waals surface area (Å²) in [7, 11) is 1.54. The van der Waals surface area contributed by atoms with Crippen molar-refractivity contribution >= 4 is 27.8 Å². The van der Waals surface area contributed by atoms with Gasteiger partial charge >= 0.3 is 5.97 Å². The molecule has 0 bridgehead atoms. The quantitative estimate of drug-likeness (QED) is 0.704. The Kier molecular flexibility index (Phi) is 7.22. The number of benzene rings is 1. The number of hydrogen-bond acceptors (Lipinski definition) is 4. The summed E-state index contributed by atoms with van der Waals surface area (Å²) < 4.78 is 10.7. The molecule has 5 nitrogen and oxygen atoms in total. The molecule has 0 aromatic heterocycles. The summed E-state index contributed by atoms with van der Waals surface area (Å²) in [6.07, 6.45) is 0.757. The summed E-state index contributed by atoms with van der Waals surface area (Å²) in [6.45, 7) is 4.43. The normalized spacial score (nSPS) is 10.1. The molecule has 0 unspecified atom stereocenters. The molecule has 1 amide bonds. The Morgan fingerprint density at radius 1 is 1.29 bits per heavy atom. The van der Waals surface area contributed by atoms with Gasteiger partial charge in [0.2, 0.25) is 0 Å². The van der Waals surface area contributed by atoms with E-state index in [0.29, 0.717) is 28.9 Å². The first kappa shape index (κ1) is 17.5. The van der Waals surface area contributed by atoms with Crippen molar-refractivity contribution in [1.29, 1.82) is 0 Å². The summed E-state index contributed by atoms with van der Waals surface area (Å²) in [4.78, 5) is 25.7. The van der Waals surface area contributed by atoms with Gasteiger partial charge in [0.25, 0.3) is 5.91 Å². The molecule has 0 saturated carbocycles. The molecule has 0 aliphatic carbocycles. The minimum absolute atomic E-state index is 0.0514. The van der Waals surface area contributed by atoms with Gasteiger partial charge in [0.05, 0.1) is 19.3 Å². The largest absolute Gasteiger partial charge is 0.497 e. The second-order valence-corrected chi connectivity index (χ2v) is 5.23. The van der Waals surface area contributed by atoms with Gasteiger partial charge in [0.1, 0.15) is 12.3 Å². The Hall–Kier alpha value is -1.56. The molecule has 1 rings (SSSR count). The second kappa shape index (κ2) is 8.67. The third kappa shape index (κ3) is 5.04. The Labute approximate surface area is 133 Å². The molecule has 0 heterocycles. The Bertz CT molecular complexity index is 504. The highest BCUT2D eigenvalue weighted by Crippen LogP contribution is 2.24. The molecule has 0 radical (unpaired) electrons. The van der Waals surface area contributed by atoms with Crippen LogP contribution in [0.2, 0.25) is 0 Å². The summed E-state index contributed by atoms with van der Waals surface area (Å²) in [5.41, 5.74) is 0.465. The van der Waals surface area contributed by atoms with Gasteiger partial charge in [0.15, 0.2) is 0 Å². The molecule has 1 aromatic carbocycles. The Morgan fingerprint density at radius 2 is 2.00 bits per heavy atom. The predicted octanol–water partition coefficient (Wildman–Crippen LogP) is 2.87. The van der Waals surface area contributed by atoms with E-state index in [0.717, 1.165) is 6.42 Å². The van der Waals surface area contributed by atoms with Gasteiger partial charge in [-0.25, -0.2) is 0 Å². The van der Waals surface area contributed by atoms with Crippen LogP contribution in [0.3, 0.4) is 0 Å². The fourth-order valence-electron chi connectivity index (χ4n) is 1.85. The van der Waals surface area contributed by atoms with Crippen molar-refractivity contribution in [2.75, 3.05) is 26.8 Å². The number of ether oxygens (including phenoxy) is 2. The maximum Gasteiger partial charge on any atom is 0.325 e. The molecular weight excluding hydrogens is 338 g/mol. The van der Waals surface area contributed by atoms with E-state index in [-0.39, 0.29) is 12.5 Å². The smallest absolute Gasteiger partial charge is 0.325 e. The zero-order valence-electron chi connectivity index (χ0n) is 12.5. The van der Waals surface area contributed by atoms with Gasteiger partial charge in [-0.15, -0.1) is 0 Å². The monoisotopic (exact) mass is 357 g/mol. The van der Waals surface area contributed by atoms with Crippen molar-refractivity contribution in [3.8, 4) is 5.75 Å². The molecule has 1 aromatic rings. The summed E-state index contributed by atoms with van der Waals surface area (Å²) in [5.74, 6) is -0.0388. The lowest BCUT2D eigenvalue weighted by atomic mass is 10.2. The van der Waals surface area contributed by atoms with Crippen molar-refractivity contribution in [2.24, 2.45) is 0 Å². The van der Waals surface area contributed by atoms with Crippen molar-refractivity contribution < 1.29 is 19.1 Å². The zero-order valence-corrected chi connectivity index (χ0v) is 14.1. The number of methoxy groups -OCH3 is 1. The van der Waals surface area contributed by atoms with Crippen molar-refractivity contribution in [2.45, 2.75) is 20.3 Å². The number of amides is 1. The van der Waals surface area contributed by atoms with Crippen LogP contribution in [0.25, 0.3) is 0 Å². The highest BCUT2D eigenvalue weighted by molar-refractivity contribution is 9.10. The van der Waals surface area contributed by atoms with Crippen molar-refractivity contribution in [1.82, 2.24) is 4.90 Å². The molecule has 6 heteroatoms. The molecule has 0 fully saturated rings. The van der Waals surface area contributed by atoms with Crippen LogP contribution < -0.4 is 4.74 Å². The van der Waals surface area contributed by atoms with E-state index in [9.17, 15) is 9.59 Å². The number of halogens is 1. The lowest BCUT2D eigenvalue weighted by Gasteiger charge is -2.22. The first-order valence-electron chi connectivity index (χ1n) is 6.81. The van der Waals surface area contributed by atoms with Crippen molar-refractivity contribution in [3.05, 3.63) is 28.2 Å². The van der Waals surface area contributed by atoms with E-state index in [4.69, 9.17) is 9.47 Å². The predicted molar refractivity (Wildman–Crippen MR) is 83.5 cm³/mol. The van der Waals surface area contributed by atoms with Crippen molar-refractivity contribution in [3.63, 3.8) is 0 Å². The van der Waals surface area contributed by atoms with Gasteiger partial charge in [-0.05, 0) is 47.5 Å². The van der Waals surface area contributed by atoms with Gasteiger partial charge in [0, 0.05) is 11.0 Å². The van der Waals surface area contributed by atoms with Crippen LogP contribution in [0.15, 0.2) is 22.7 Å². The van der Waals surface area contributed by atoms with Crippen LogP contribution in [0.5, 0.6) is 5.75 Å². The van der Waals surface area contributed by atoms with E-state index >= 15 is 0 Å². The van der Waals surface area contributed by atoms with Gasteiger partial charge < -0.3 is 14.4 Å². The molecule has 0 aliphatic rings. The second-order valence-electron chi connectivity index (χ2n) is 4.38. The Balaban J connectivity index is 2.97. The summed E-state index contributed by atoms with van der Waals surface area (Å²) >= 11 is 3.36. The highest BCUT2D eigenvalue weighted by Gasteiger charge is 2.21. The maximum atomic E-state index is 12.6. The molecule has 0 N–H and O–H groups in total. The van der Waals surface area contributed by atoms with E-state index in [1.807, 2.05) is 6.92 Å². The average molecular weight is 358 g/mol. The lowest BCUT2D eigenvalue weighted by molar-refractivity contribution is -0.143. The molecule has 21 heavy (non-hydrogen) atoms. The average Bonchev–Trinajstić information content (AvgIpc) is 2.47. The number of hydrogen-bond donors (Lipinski definition) is 0. The maximum absolute atomic E-state index is 12.6. The summed E-state index contributed by atoms with van der Waals surface area (Å²) in [6, 6.07) is 5.16. The van der Waals surface area contributed by atoms with Gasteiger partial charge in [-0.2, -0.15) is 0 Å². The number of carbonyl (C=O) groups excluding carboxylic acids is 2. The van der Waals surface area contributed by atoms with Crippen LogP contribution in [0.4, 0.5) is 0 Å². The summed E-state index contributed by atoms with van der Waals surface area (Å²) in [5, 5.41) is 0. The standard InChI is InChI=1S/C15H20BrNO4/c1-4-8-17(10-14(18)21-5-2)15(19)12-9-11(20-3)6-7-13(12)16/h6-7,9H,4-5,8,10H2,1-3H3. The first-order chi connectivity index (χ1) is 10.0. The molecule has 0 atom stereocenters. The van der Waals surface area contributed by atoms with Gasteiger partial charge in [-0.3, -0.25) is 9.59 Å². The molecule has 0 spiro atoms. The lowest BCUT2D eigenvalue weighted by Crippen LogP contribution is -2.37. The van der Waals surface area contributed by atoms with E-state index in [1.54, 1.807) is 32.2 Å². The first-order valence-corrected chi connectivity index (χ1v) is 7.61. The zero-order chi connectivity index (χ0) is 15.8. The fourth-order valence-corrected chi connectivity index (χ4v) is 2.27. The SMILES string of the molecule is CCCN(CC(=O)OCC)C(=O)c1cc(OC)ccc1Br. The van der Waals surface area contributed by atoms with Crippen LogP contribution >= 0.6 is 15.9 Å². The van der Waals surface area contributed by atoms with Crippen LogP contribution in [0, 0.1) is 0 Å². The minimum atomic E-state index is -0.404. The highest BCUT2D eigenvalue weighted by atomic mass is 79.9. The molecule has 116 valence electrons. The topological polar surface area (TPSA) is 55.8 Å². The fraction of sp³-hybridized carbons (Fsp3) is 0.467. The van der Waals surface area contributed by atoms with E-state index in [2.05, 4.69) is 15.9 Å².